The largest absolute Gasteiger partial charge is 0.451 e. The first kappa shape index (κ1) is 17.0. The SMILES string of the molecule is O=C(Nc1ccccc1OC(F)F)c1ccc(-c2ccccc2Cl)o1. The molecule has 0 saturated heterocycles. The lowest BCUT2D eigenvalue weighted by Crippen LogP contribution is -2.13. The number of carbonyl (C=O) groups excluding carboxylic acids is 1. The molecule has 0 bridgehead atoms. The summed E-state index contributed by atoms with van der Waals surface area (Å²) in [5.74, 6) is -0.290. The summed E-state index contributed by atoms with van der Waals surface area (Å²) in [4.78, 5) is 12.3. The van der Waals surface area contributed by atoms with E-state index in [4.69, 9.17) is 16.0 Å². The van der Waals surface area contributed by atoms with Crippen molar-refractivity contribution in [3.05, 3.63) is 71.4 Å². The van der Waals surface area contributed by atoms with Gasteiger partial charge < -0.3 is 14.5 Å². The van der Waals surface area contributed by atoms with Crippen LogP contribution in [0.1, 0.15) is 10.6 Å². The molecule has 4 nitrogen and oxygen atoms in total. The van der Waals surface area contributed by atoms with E-state index in [-0.39, 0.29) is 17.2 Å². The molecule has 0 spiro atoms. The number of anilines is 1. The molecule has 1 N–H and O–H groups in total. The number of furan rings is 1. The van der Waals surface area contributed by atoms with Crippen LogP contribution >= 0.6 is 11.6 Å². The Labute approximate surface area is 147 Å². The zero-order valence-electron chi connectivity index (χ0n) is 12.7. The average molecular weight is 364 g/mol. The molecule has 0 fully saturated rings. The van der Waals surface area contributed by atoms with Crippen LogP contribution in [0.2, 0.25) is 5.02 Å². The van der Waals surface area contributed by atoms with E-state index >= 15 is 0 Å². The Hall–Kier alpha value is -2.86. The number of rotatable bonds is 5. The third-order valence-electron chi connectivity index (χ3n) is 3.32. The summed E-state index contributed by atoms with van der Waals surface area (Å²) in [5, 5.41) is 2.97. The first-order valence-corrected chi connectivity index (χ1v) is 7.62. The van der Waals surface area contributed by atoms with Gasteiger partial charge in [-0.25, -0.2) is 0 Å². The Balaban J connectivity index is 1.81. The molecule has 0 aliphatic heterocycles. The fourth-order valence-corrected chi connectivity index (χ4v) is 2.45. The van der Waals surface area contributed by atoms with Crippen molar-refractivity contribution in [3.8, 4) is 17.1 Å². The fourth-order valence-electron chi connectivity index (χ4n) is 2.22. The van der Waals surface area contributed by atoms with E-state index in [1.165, 1.54) is 24.3 Å². The average Bonchev–Trinajstić information content (AvgIpc) is 3.06. The molecule has 128 valence electrons. The molecule has 0 aliphatic rings. The van der Waals surface area contributed by atoms with Gasteiger partial charge in [-0.05, 0) is 36.4 Å². The Morgan fingerprint density at radius 1 is 1.04 bits per heavy atom. The van der Waals surface area contributed by atoms with Gasteiger partial charge in [-0.15, -0.1) is 0 Å². The van der Waals surface area contributed by atoms with Crippen LogP contribution < -0.4 is 10.1 Å². The van der Waals surface area contributed by atoms with Crippen LogP contribution in [0.5, 0.6) is 5.75 Å². The van der Waals surface area contributed by atoms with E-state index in [0.29, 0.717) is 16.3 Å². The first-order valence-electron chi connectivity index (χ1n) is 7.24. The summed E-state index contributed by atoms with van der Waals surface area (Å²) in [6, 6.07) is 16.0. The number of alkyl halides is 2. The van der Waals surface area contributed by atoms with Crippen molar-refractivity contribution in [1.29, 1.82) is 0 Å². The Bertz CT molecular complexity index is 895. The van der Waals surface area contributed by atoms with Gasteiger partial charge in [0.1, 0.15) is 11.5 Å². The Kier molecular flexibility index (Phi) is 5.00. The number of hydrogen-bond acceptors (Lipinski definition) is 3. The highest BCUT2D eigenvalue weighted by Crippen LogP contribution is 2.30. The van der Waals surface area contributed by atoms with Crippen molar-refractivity contribution in [1.82, 2.24) is 0 Å². The maximum absolute atomic E-state index is 12.4. The number of benzene rings is 2. The maximum atomic E-state index is 12.4. The number of halogens is 3. The molecule has 0 radical (unpaired) electrons. The molecule has 0 unspecified atom stereocenters. The minimum absolute atomic E-state index is 0.0155. The van der Waals surface area contributed by atoms with Crippen molar-refractivity contribution < 1.29 is 22.7 Å². The quantitative estimate of drug-likeness (QED) is 0.655. The Morgan fingerprint density at radius 2 is 1.76 bits per heavy atom. The molecule has 0 aliphatic carbocycles. The van der Waals surface area contributed by atoms with Gasteiger partial charge in [0, 0.05) is 5.56 Å². The number of carbonyl (C=O) groups is 1. The van der Waals surface area contributed by atoms with E-state index < -0.39 is 12.5 Å². The van der Waals surface area contributed by atoms with Crippen LogP contribution in [0.25, 0.3) is 11.3 Å². The van der Waals surface area contributed by atoms with Crippen LogP contribution in [0.3, 0.4) is 0 Å². The zero-order valence-corrected chi connectivity index (χ0v) is 13.5. The second-order valence-corrected chi connectivity index (χ2v) is 5.38. The molecule has 25 heavy (non-hydrogen) atoms. The van der Waals surface area contributed by atoms with Gasteiger partial charge in [-0.1, -0.05) is 35.9 Å². The predicted octanol–water partition coefficient (Wildman–Crippen LogP) is 5.45. The van der Waals surface area contributed by atoms with Crippen molar-refractivity contribution in [2.75, 3.05) is 5.32 Å². The summed E-state index contributed by atoms with van der Waals surface area (Å²) in [6.45, 7) is -2.99. The molecule has 3 aromatic rings. The van der Waals surface area contributed by atoms with Gasteiger partial charge in [-0.2, -0.15) is 8.78 Å². The van der Waals surface area contributed by atoms with Gasteiger partial charge in [0.15, 0.2) is 5.76 Å². The lowest BCUT2D eigenvalue weighted by molar-refractivity contribution is -0.0493. The predicted molar refractivity (Wildman–Crippen MR) is 90.2 cm³/mol. The van der Waals surface area contributed by atoms with E-state index in [9.17, 15) is 13.6 Å². The number of hydrogen-bond donors (Lipinski definition) is 1. The highest BCUT2D eigenvalue weighted by molar-refractivity contribution is 6.33. The van der Waals surface area contributed by atoms with Gasteiger partial charge in [0.2, 0.25) is 0 Å². The fraction of sp³-hybridized carbons (Fsp3) is 0.0556. The summed E-state index contributed by atoms with van der Waals surface area (Å²) in [5.41, 5.74) is 0.758. The lowest BCUT2D eigenvalue weighted by Gasteiger charge is -2.10. The van der Waals surface area contributed by atoms with Crippen LogP contribution in [-0.2, 0) is 0 Å². The lowest BCUT2D eigenvalue weighted by atomic mass is 10.2. The minimum Gasteiger partial charge on any atom is -0.451 e. The third-order valence-corrected chi connectivity index (χ3v) is 3.65. The topological polar surface area (TPSA) is 51.5 Å². The summed E-state index contributed by atoms with van der Waals surface area (Å²) in [6.07, 6.45) is 0. The molecule has 7 heteroatoms. The van der Waals surface area contributed by atoms with E-state index in [0.717, 1.165) is 0 Å². The molecule has 3 rings (SSSR count). The molecular formula is C18H12ClF2NO3. The molecule has 1 aromatic heterocycles. The van der Waals surface area contributed by atoms with Gasteiger partial charge >= 0.3 is 6.61 Å². The highest BCUT2D eigenvalue weighted by atomic mass is 35.5. The van der Waals surface area contributed by atoms with Crippen molar-refractivity contribution in [2.45, 2.75) is 6.61 Å². The van der Waals surface area contributed by atoms with Crippen LogP contribution in [-0.4, -0.2) is 12.5 Å². The molecule has 0 atom stereocenters. The van der Waals surface area contributed by atoms with Crippen molar-refractivity contribution in [3.63, 3.8) is 0 Å². The third kappa shape index (κ3) is 3.97. The second-order valence-electron chi connectivity index (χ2n) is 4.97. The van der Waals surface area contributed by atoms with Crippen LogP contribution in [0.4, 0.5) is 14.5 Å². The van der Waals surface area contributed by atoms with E-state index in [2.05, 4.69) is 10.1 Å². The second kappa shape index (κ2) is 7.36. The molecule has 2 aromatic carbocycles. The summed E-state index contributed by atoms with van der Waals surface area (Å²) < 4.78 is 34.7. The number of ether oxygens (including phenoxy) is 1. The van der Waals surface area contributed by atoms with Gasteiger partial charge in [0.05, 0.1) is 10.7 Å². The molecular weight excluding hydrogens is 352 g/mol. The van der Waals surface area contributed by atoms with Crippen LogP contribution in [0, 0.1) is 0 Å². The smallest absolute Gasteiger partial charge is 0.387 e. The molecule has 1 amide bonds. The van der Waals surface area contributed by atoms with E-state index in [1.54, 1.807) is 36.4 Å². The molecule has 1 heterocycles. The Morgan fingerprint density at radius 3 is 2.52 bits per heavy atom. The number of nitrogens with one attached hydrogen (secondary N) is 1. The minimum atomic E-state index is -2.99. The van der Waals surface area contributed by atoms with Crippen LogP contribution in [0.15, 0.2) is 65.1 Å². The number of amides is 1. The molecule has 0 saturated carbocycles. The van der Waals surface area contributed by atoms with Crippen molar-refractivity contribution >= 4 is 23.2 Å². The monoisotopic (exact) mass is 363 g/mol. The maximum Gasteiger partial charge on any atom is 0.387 e. The zero-order chi connectivity index (χ0) is 17.8. The normalized spacial score (nSPS) is 10.7. The first-order chi connectivity index (χ1) is 12.0. The van der Waals surface area contributed by atoms with Crippen molar-refractivity contribution in [2.24, 2.45) is 0 Å². The standard InChI is InChI=1S/C18H12ClF2NO3/c19-12-6-2-1-5-11(12)14-9-10-16(24-14)17(23)22-13-7-3-4-8-15(13)25-18(20)21/h1-10,18H,(H,22,23). The van der Waals surface area contributed by atoms with E-state index in [1.807, 2.05) is 0 Å². The summed E-state index contributed by atoms with van der Waals surface area (Å²) >= 11 is 6.10. The van der Waals surface area contributed by atoms with Gasteiger partial charge in [0.25, 0.3) is 5.91 Å². The van der Waals surface area contributed by atoms with Gasteiger partial charge in [-0.3, -0.25) is 4.79 Å². The highest BCUT2D eigenvalue weighted by Gasteiger charge is 2.16. The number of para-hydroxylation sites is 2. The summed E-state index contributed by atoms with van der Waals surface area (Å²) in [7, 11) is 0.